The summed E-state index contributed by atoms with van der Waals surface area (Å²) in [5.41, 5.74) is 6.67. The average Bonchev–Trinajstić information content (AvgIpc) is 3.05. The SMILES string of the molecule is CCCON[C@H](C(=O)NN(CC1CCCCC1)C[C@H](O)[C@H](Cc1ccccc1)NC(=O)[C@@H](NC(=O)OCCC)C(C)C)C(C)C=C=O. The van der Waals surface area contributed by atoms with E-state index in [4.69, 9.17) is 9.57 Å². The van der Waals surface area contributed by atoms with E-state index in [1.54, 1.807) is 17.9 Å². The number of carbonyl (C=O) groups excluding carboxylic acids is 4. The van der Waals surface area contributed by atoms with Crippen molar-refractivity contribution in [3.05, 3.63) is 42.0 Å². The fourth-order valence-electron chi connectivity index (χ4n) is 5.60. The molecule has 0 heterocycles. The molecule has 47 heavy (non-hydrogen) atoms. The molecule has 1 fully saturated rings. The van der Waals surface area contributed by atoms with Crippen molar-refractivity contribution >= 4 is 23.8 Å². The molecule has 3 amide bonds. The molecule has 0 saturated heterocycles. The Morgan fingerprint density at radius 1 is 0.979 bits per heavy atom. The third-order valence-electron chi connectivity index (χ3n) is 8.29. The second kappa shape index (κ2) is 22.3. The molecule has 1 unspecified atom stereocenters. The molecule has 1 saturated carbocycles. The van der Waals surface area contributed by atoms with Gasteiger partial charge in [0.25, 0.3) is 5.91 Å². The van der Waals surface area contributed by atoms with Crippen LogP contribution in [0.3, 0.4) is 0 Å². The monoisotopic (exact) mass is 659 g/mol. The minimum atomic E-state index is -1.10. The van der Waals surface area contributed by atoms with Crippen LogP contribution in [0.25, 0.3) is 0 Å². The van der Waals surface area contributed by atoms with E-state index in [9.17, 15) is 24.3 Å². The highest BCUT2D eigenvalue weighted by atomic mass is 16.6. The van der Waals surface area contributed by atoms with Gasteiger partial charge in [-0.25, -0.2) is 14.6 Å². The van der Waals surface area contributed by atoms with Crippen molar-refractivity contribution in [1.82, 2.24) is 26.5 Å². The number of carbonyl (C=O) groups is 3. The third kappa shape index (κ3) is 15.0. The number of aliphatic hydroxyl groups is 1. The number of nitrogens with one attached hydrogen (secondary N) is 4. The fraction of sp³-hybridized carbons (Fsp3) is 0.686. The number of nitrogens with zero attached hydrogens (tertiary/aromatic N) is 1. The first kappa shape index (κ1) is 39.9. The zero-order valence-corrected chi connectivity index (χ0v) is 28.8. The van der Waals surface area contributed by atoms with Crippen molar-refractivity contribution in [1.29, 1.82) is 0 Å². The lowest BCUT2D eigenvalue weighted by Gasteiger charge is -2.35. The topological polar surface area (TPSA) is 158 Å². The van der Waals surface area contributed by atoms with Crippen LogP contribution in [0.1, 0.15) is 85.1 Å². The van der Waals surface area contributed by atoms with E-state index in [1.165, 1.54) is 12.5 Å². The molecule has 1 aromatic carbocycles. The number of alkyl carbamates (subject to hydrolysis) is 1. The second-order valence-corrected chi connectivity index (χ2v) is 12.8. The van der Waals surface area contributed by atoms with Gasteiger partial charge < -0.3 is 25.3 Å². The van der Waals surface area contributed by atoms with Gasteiger partial charge in [-0.3, -0.25) is 15.0 Å². The molecule has 0 aromatic heterocycles. The number of amides is 3. The Balaban J connectivity index is 2.31. The van der Waals surface area contributed by atoms with Gasteiger partial charge in [0.15, 0.2) is 0 Å². The van der Waals surface area contributed by atoms with Gasteiger partial charge in [-0.2, -0.15) is 5.48 Å². The van der Waals surface area contributed by atoms with Crippen LogP contribution >= 0.6 is 0 Å². The van der Waals surface area contributed by atoms with Crippen molar-refractivity contribution in [2.45, 2.75) is 110 Å². The number of rotatable bonds is 21. The quantitative estimate of drug-likeness (QED) is 0.0757. The van der Waals surface area contributed by atoms with Crippen LogP contribution in [0.5, 0.6) is 0 Å². The molecular weight excluding hydrogens is 602 g/mol. The highest BCUT2D eigenvalue weighted by molar-refractivity contribution is 5.86. The Bertz CT molecular complexity index is 1110. The summed E-state index contributed by atoms with van der Waals surface area (Å²) < 4.78 is 5.15. The van der Waals surface area contributed by atoms with Crippen LogP contribution in [0, 0.1) is 17.8 Å². The maximum Gasteiger partial charge on any atom is 0.407 e. The van der Waals surface area contributed by atoms with Gasteiger partial charge in [0, 0.05) is 25.1 Å². The van der Waals surface area contributed by atoms with Gasteiger partial charge in [-0.05, 0) is 49.5 Å². The lowest BCUT2D eigenvalue weighted by molar-refractivity contribution is -0.135. The molecule has 12 heteroatoms. The number of hydrogen-bond acceptors (Lipinski definition) is 9. The highest BCUT2D eigenvalue weighted by Crippen LogP contribution is 2.24. The maximum atomic E-state index is 13.6. The van der Waals surface area contributed by atoms with E-state index in [0.717, 1.165) is 37.7 Å². The standard InChI is InChI=1S/C35H57N5O7/c1-6-20-46-35(45)37-31(25(3)4)33(43)36-29(22-27-14-10-8-11-15-27)30(42)24-40(23-28-16-12-9-13-17-28)38-34(44)32(26(5)18-19-41)39-47-21-7-2/h8,10-11,14-15,18,25-26,28-32,39,42H,6-7,9,12-13,16-17,20-24H2,1-5H3,(H,36,43)(H,37,45)(H,38,44)/t26?,29-,30-,31-,32-/m0/s1. The number of hydrogen-bond donors (Lipinski definition) is 5. The molecule has 1 aliphatic rings. The predicted molar refractivity (Wildman–Crippen MR) is 180 cm³/mol. The van der Waals surface area contributed by atoms with Gasteiger partial charge in [-0.1, -0.05) is 84.2 Å². The molecule has 0 aliphatic heterocycles. The van der Waals surface area contributed by atoms with Gasteiger partial charge in [0.1, 0.15) is 18.0 Å². The van der Waals surface area contributed by atoms with Gasteiger partial charge in [-0.15, -0.1) is 0 Å². The van der Waals surface area contributed by atoms with Crippen LogP contribution in [-0.4, -0.2) is 84.5 Å². The molecule has 1 aromatic rings. The zero-order chi connectivity index (χ0) is 34.6. The van der Waals surface area contributed by atoms with Crippen LogP contribution in [0.4, 0.5) is 4.79 Å². The molecule has 264 valence electrons. The number of ether oxygens (including phenoxy) is 1. The average molecular weight is 660 g/mol. The van der Waals surface area contributed by atoms with Gasteiger partial charge in [0.05, 0.1) is 25.4 Å². The first-order chi connectivity index (χ1) is 22.6. The molecule has 2 rings (SSSR count). The van der Waals surface area contributed by atoms with E-state index < -0.39 is 48.1 Å². The number of benzene rings is 1. The molecule has 5 atom stereocenters. The lowest BCUT2D eigenvalue weighted by atomic mass is 9.89. The fourth-order valence-corrected chi connectivity index (χ4v) is 5.60. The summed E-state index contributed by atoms with van der Waals surface area (Å²) in [6, 6.07) is 7.01. The van der Waals surface area contributed by atoms with Crippen molar-refractivity contribution in [2.24, 2.45) is 17.8 Å². The predicted octanol–water partition coefficient (Wildman–Crippen LogP) is 3.47. The minimum absolute atomic E-state index is 0.0266. The Kier molecular flexibility index (Phi) is 18.9. The first-order valence-electron chi connectivity index (χ1n) is 17.2. The van der Waals surface area contributed by atoms with Crippen molar-refractivity contribution in [2.75, 3.05) is 26.3 Å². The summed E-state index contributed by atoms with van der Waals surface area (Å²) in [4.78, 5) is 56.2. The number of hydroxylamine groups is 1. The summed E-state index contributed by atoms with van der Waals surface area (Å²) in [7, 11) is 0. The molecule has 5 N–H and O–H groups in total. The Hall–Kier alpha value is -3.28. The van der Waals surface area contributed by atoms with E-state index in [1.807, 2.05) is 58.0 Å². The van der Waals surface area contributed by atoms with Crippen LogP contribution in [-0.2, 0) is 30.4 Å². The third-order valence-corrected chi connectivity index (χ3v) is 8.29. The Labute approximate surface area is 280 Å². The minimum Gasteiger partial charge on any atom is -0.450 e. The van der Waals surface area contributed by atoms with Crippen molar-refractivity contribution < 1.29 is 33.9 Å². The molecule has 0 radical (unpaired) electrons. The molecular formula is C35H57N5O7. The second-order valence-electron chi connectivity index (χ2n) is 12.8. The maximum absolute atomic E-state index is 13.6. The summed E-state index contributed by atoms with van der Waals surface area (Å²) in [6.07, 6.45) is 6.60. The smallest absolute Gasteiger partial charge is 0.407 e. The van der Waals surface area contributed by atoms with Crippen LogP contribution in [0.15, 0.2) is 36.4 Å². The summed E-state index contributed by atoms with van der Waals surface area (Å²) >= 11 is 0. The Morgan fingerprint density at radius 2 is 1.66 bits per heavy atom. The number of hydrazine groups is 1. The number of aliphatic hydroxyl groups excluding tert-OH is 1. The molecule has 0 bridgehead atoms. The van der Waals surface area contributed by atoms with E-state index in [0.29, 0.717) is 31.9 Å². The normalized spacial score (nSPS) is 16.8. The largest absolute Gasteiger partial charge is 0.450 e. The molecule has 0 spiro atoms. The molecule has 12 nitrogen and oxygen atoms in total. The van der Waals surface area contributed by atoms with Crippen molar-refractivity contribution in [3.63, 3.8) is 0 Å². The summed E-state index contributed by atoms with van der Waals surface area (Å²) in [5, 5.41) is 19.1. The summed E-state index contributed by atoms with van der Waals surface area (Å²) in [5.74, 6) is 0.460. The highest BCUT2D eigenvalue weighted by Gasteiger charge is 2.32. The van der Waals surface area contributed by atoms with E-state index in [2.05, 4.69) is 21.5 Å². The van der Waals surface area contributed by atoms with Gasteiger partial charge >= 0.3 is 6.09 Å². The van der Waals surface area contributed by atoms with Crippen molar-refractivity contribution in [3.8, 4) is 0 Å². The van der Waals surface area contributed by atoms with E-state index >= 15 is 0 Å². The summed E-state index contributed by atoms with van der Waals surface area (Å²) in [6.45, 7) is 10.4. The first-order valence-corrected chi connectivity index (χ1v) is 17.2. The van der Waals surface area contributed by atoms with Crippen LogP contribution < -0.4 is 21.5 Å². The van der Waals surface area contributed by atoms with E-state index in [-0.39, 0.29) is 19.1 Å². The van der Waals surface area contributed by atoms with Crippen LogP contribution in [0.2, 0.25) is 0 Å². The zero-order valence-electron chi connectivity index (χ0n) is 28.8. The van der Waals surface area contributed by atoms with Gasteiger partial charge in [0.2, 0.25) is 5.91 Å². The molecule has 1 aliphatic carbocycles. The lowest BCUT2D eigenvalue weighted by Crippen LogP contribution is -2.59. The Morgan fingerprint density at radius 3 is 2.28 bits per heavy atom.